The Labute approximate surface area is 193 Å². The van der Waals surface area contributed by atoms with Crippen LogP contribution in [-0.2, 0) is 18.9 Å². The second-order valence-corrected chi connectivity index (χ2v) is 8.14. The average Bonchev–Trinajstić information content (AvgIpc) is 2.84. The number of hydrogen-bond acceptors (Lipinski definition) is 16. The molecule has 2 fully saturated rings. The summed E-state index contributed by atoms with van der Waals surface area (Å²) in [5.74, 6) is 0. The zero-order valence-electron chi connectivity index (χ0n) is 17.9. The molecule has 12 N–H and O–H groups in total. The molecule has 0 unspecified atom stereocenters. The molecule has 14 atom stereocenters. The topological polar surface area (TPSA) is 280 Å². The third-order valence-electron chi connectivity index (χ3n) is 5.72. The van der Waals surface area contributed by atoms with E-state index in [2.05, 4.69) is 0 Å². The summed E-state index contributed by atoms with van der Waals surface area (Å²) in [6.45, 7) is -3.27. The first-order valence-electron chi connectivity index (χ1n) is 10.5. The van der Waals surface area contributed by atoms with Crippen molar-refractivity contribution in [3.05, 3.63) is 0 Å². The number of rotatable bonds is 11. The smallest absolute Gasteiger partial charge is 0.187 e. The van der Waals surface area contributed by atoms with Crippen molar-refractivity contribution in [2.45, 2.75) is 85.8 Å². The van der Waals surface area contributed by atoms with Gasteiger partial charge in [0.15, 0.2) is 12.6 Å². The molecule has 0 aliphatic carbocycles. The summed E-state index contributed by atoms with van der Waals surface area (Å²) in [5.41, 5.74) is 0. The summed E-state index contributed by atoms with van der Waals surface area (Å²) in [6.07, 6.45) is -24.4. The lowest BCUT2D eigenvalue weighted by Gasteiger charge is -2.44. The molecule has 202 valence electrons. The normalized spacial score (nSPS) is 42.7. The summed E-state index contributed by atoms with van der Waals surface area (Å²) in [5, 5.41) is 117. The van der Waals surface area contributed by atoms with Gasteiger partial charge in [0, 0.05) is 0 Å². The van der Waals surface area contributed by atoms with E-state index >= 15 is 0 Å². The quantitative estimate of drug-likeness (QED) is 0.124. The second kappa shape index (κ2) is 13.1. The minimum Gasteiger partial charge on any atom is -0.394 e. The molecule has 34 heavy (non-hydrogen) atoms. The van der Waals surface area contributed by atoms with E-state index in [9.17, 15) is 56.2 Å². The van der Waals surface area contributed by atoms with Crippen LogP contribution in [0.2, 0.25) is 0 Å². The van der Waals surface area contributed by atoms with Crippen LogP contribution in [0.1, 0.15) is 0 Å². The van der Waals surface area contributed by atoms with E-state index in [0.29, 0.717) is 0 Å². The lowest BCUT2D eigenvalue weighted by atomic mass is 9.98. The van der Waals surface area contributed by atoms with E-state index in [-0.39, 0.29) is 0 Å². The Balaban J connectivity index is 2.10. The van der Waals surface area contributed by atoms with Crippen molar-refractivity contribution in [3.63, 3.8) is 0 Å². The average molecular weight is 506 g/mol. The molecule has 0 aromatic rings. The highest BCUT2D eigenvalue weighted by molar-refractivity contribution is 4.93. The molecule has 2 rings (SSSR count). The third kappa shape index (κ3) is 6.56. The van der Waals surface area contributed by atoms with Gasteiger partial charge in [-0.1, -0.05) is 0 Å². The highest BCUT2D eigenvalue weighted by Gasteiger charge is 2.49. The van der Waals surface area contributed by atoms with Gasteiger partial charge >= 0.3 is 0 Å². The van der Waals surface area contributed by atoms with Crippen LogP contribution in [0.15, 0.2) is 0 Å². The Morgan fingerprint density at radius 2 is 1.12 bits per heavy atom. The highest BCUT2D eigenvalue weighted by atomic mass is 16.7. The van der Waals surface area contributed by atoms with Crippen LogP contribution in [0.25, 0.3) is 0 Å². The molecule has 2 heterocycles. The predicted octanol–water partition coefficient (Wildman–Crippen LogP) is -7.94. The lowest BCUT2D eigenvalue weighted by Crippen LogP contribution is -2.63. The van der Waals surface area contributed by atoms with Crippen molar-refractivity contribution in [3.8, 4) is 0 Å². The van der Waals surface area contributed by atoms with Crippen molar-refractivity contribution in [2.24, 2.45) is 0 Å². The SMILES string of the molecule is OC[C@@H](O)[C@H](O[C@H]1O[C@H](CO[C@@H]2O[C@H](CO)[C@H](O)[C@H](O)[C@H]2O)[C@@H](O)[C@H](O)[C@H]1O)[C@H](O)[C@@H](O)CO. The van der Waals surface area contributed by atoms with Gasteiger partial charge in [-0.25, -0.2) is 0 Å². The second-order valence-electron chi connectivity index (χ2n) is 8.14. The van der Waals surface area contributed by atoms with Gasteiger partial charge in [0.2, 0.25) is 0 Å². The fraction of sp³-hybridized carbons (Fsp3) is 1.00. The molecule has 2 aliphatic rings. The fourth-order valence-corrected chi connectivity index (χ4v) is 3.55. The van der Waals surface area contributed by atoms with Gasteiger partial charge < -0.3 is 80.2 Å². The molecule has 2 saturated heterocycles. The van der Waals surface area contributed by atoms with Crippen molar-refractivity contribution >= 4 is 0 Å². The Hall–Kier alpha value is -0.640. The van der Waals surface area contributed by atoms with Crippen LogP contribution in [0, 0.1) is 0 Å². The molecule has 0 saturated carbocycles. The molecule has 0 aromatic heterocycles. The maximum absolute atomic E-state index is 10.2. The van der Waals surface area contributed by atoms with Crippen molar-refractivity contribution in [1.82, 2.24) is 0 Å². The van der Waals surface area contributed by atoms with Gasteiger partial charge in [-0.2, -0.15) is 0 Å². The van der Waals surface area contributed by atoms with E-state index in [1.807, 2.05) is 0 Å². The third-order valence-corrected chi connectivity index (χ3v) is 5.72. The standard InChI is InChI=1S/C18H34O16/c19-1-5(22)9(24)16(6(23)2-20)34-18-15(30)13(28)11(26)8(33-18)4-31-17-14(29)12(27)10(25)7(3-21)32-17/h5-30H,1-4H2/t5-,6+,7+,8+,9+,10-,11+,12-,13-,14+,15+,16-,17+,18+/m0/s1. The van der Waals surface area contributed by atoms with Gasteiger partial charge in [0.05, 0.1) is 26.4 Å². The zero-order chi connectivity index (χ0) is 25.7. The van der Waals surface area contributed by atoms with E-state index in [1.165, 1.54) is 0 Å². The molecule has 0 aromatic carbocycles. The summed E-state index contributed by atoms with van der Waals surface area (Å²) in [4.78, 5) is 0. The lowest BCUT2D eigenvalue weighted by molar-refractivity contribution is -0.344. The molecular weight excluding hydrogens is 472 g/mol. The van der Waals surface area contributed by atoms with Crippen LogP contribution >= 0.6 is 0 Å². The fourth-order valence-electron chi connectivity index (χ4n) is 3.55. The molecule has 2 aliphatic heterocycles. The molecular formula is C18H34O16. The van der Waals surface area contributed by atoms with Crippen molar-refractivity contribution < 1.29 is 80.2 Å². The Kier molecular flexibility index (Phi) is 11.4. The largest absolute Gasteiger partial charge is 0.394 e. The summed E-state index contributed by atoms with van der Waals surface area (Å²) >= 11 is 0. The number of aliphatic hydroxyl groups excluding tert-OH is 12. The number of hydrogen-bond donors (Lipinski definition) is 12. The molecule has 0 spiro atoms. The maximum atomic E-state index is 10.2. The van der Waals surface area contributed by atoms with Gasteiger partial charge in [0.1, 0.15) is 73.2 Å². The first-order chi connectivity index (χ1) is 16.0. The van der Waals surface area contributed by atoms with Crippen LogP contribution in [0.3, 0.4) is 0 Å². The van der Waals surface area contributed by atoms with Crippen LogP contribution in [0.5, 0.6) is 0 Å². The summed E-state index contributed by atoms with van der Waals surface area (Å²) in [7, 11) is 0. The van der Waals surface area contributed by atoms with Gasteiger partial charge in [-0.3, -0.25) is 0 Å². The predicted molar refractivity (Wildman–Crippen MR) is 103 cm³/mol. The van der Waals surface area contributed by atoms with E-state index in [0.717, 1.165) is 0 Å². The molecule has 0 bridgehead atoms. The molecule has 16 nitrogen and oxygen atoms in total. The number of ether oxygens (including phenoxy) is 4. The van der Waals surface area contributed by atoms with Gasteiger partial charge in [-0.05, 0) is 0 Å². The zero-order valence-corrected chi connectivity index (χ0v) is 17.9. The van der Waals surface area contributed by atoms with Crippen molar-refractivity contribution in [2.75, 3.05) is 26.4 Å². The Morgan fingerprint density at radius 3 is 1.65 bits per heavy atom. The van der Waals surface area contributed by atoms with E-state index in [1.54, 1.807) is 0 Å². The van der Waals surface area contributed by atoms with E-state index < -0.39 is 112 Å². The monoisotopic (exact) mass is 506 g/mol. The first-order valence-corrected chi connectivity index (χ1v) is 10.5. The van der Waals surface area contributed by atoms with Crippen LogP contribution in [-0.4, -0.2) is 174 Å². The number of aliphatic hydroxyl groups is 12. The minimum atomic E-state index is -1.96. The highest BCUT2D eigenvalue weighted by Crippen LogP contribution is 2.27. The minimum absolute atomic E-state index is 0.650. The summed E-state index contributed by atoms with van der Waals surface area (Å²) in [6, 6.07) is 0. The first kappa shape index (κ1) is 29.6. The van der Waals surface area contributed by atoms with E-state index in [4.69, 9.17) is 24.1 Å². The molecule has 0 radical (unpaired) electrons. The Bertz CT molecular complexity index is 596. The summed E-state index contributed by atoms with van der Waals surface area (Å²) < 4.78 is 21.0. The van der Waals surface area contributed by atoms with Crippen LogP contribution in [0.4, 0.5) is 0 Å². The maximum Gasteiger partial charge on any atom is 0.187 e. The van der Waals surface area contributed by atoms with Crippen molar-refractivity contribution in [1.29, 1.82) is 0 Å². The Morgan fingerprint density at radius 1 is 0.618 bits per heavy atom. The van der Waals surface area contributed by atoms with Crippen LogP contribution < -0.4 is 0 Å². The van der Waals surface area contributed by atoms with Gasteiger partial charge in [0.25, 0.3) is 0 Å². The molecule has 16 heteroatoms. The van der Waals surface area contributed by atoms with Gasteiger partial charge in [-0.15, -0.1) is 0 Å². The molecule has 0 amide bonds.